The molecule has 1 atom stereocenters. The van der Waals surface area contributed by atoms with Gasteiger partial charge in [-0.15, -0.1) is 0 Å². The first-order chi connectivity index (χ1) is 16.4. The van der Waals surface area contributed by atoms with Gasteiger partial charge in [0.25, 0.3) is 0 Å². The SMILES string of the molecule is CSCCN(CCCF)Cc1ccc(-c2ccc(N3C[C@H](CNC(C)=O)OC3=O)cc2F)cc1. The minimum Gasteiger partial charge on any atom is -0.442 e. The summed E-state index contributed by atoms with van der Waals surface area (Å²) >= 11 is 1.76. The molecule has 1 saturated heterocycles. The Morgan fingerprint density at radius 1 is 1.24 bits per heavy atom. The third kappa shape index (κ3) is 7.17. The Labute approximate surface area is 203 Å². The fraction of sp³-hybridized carbons (Fsp3) is 0.440. The van der Waals surface area contributed by atoms with E-state index < -0.39 is 18.0 Å². The van der Waals surface area contributed by atoms with Gasteiger partial charge in [-0.05, 0) is 42.0 Å². The molecule has 2 aromatic rings. The number of rotatable bonds is 12. The fourth-order valence-corrected chi connectivity index (χ4v) is 4.26. The van der Waals surface area contributed by atoms with Crippen LogP contribution in [0.5, 0.6) is 0 Å². The predicted octanol–water partition coefficient (Wildman–Crippen LogP) is 4.48. The first kappa shape index (κ1) is 26.0. The Hall–Kier alpha value is -2.65. The number of amides is 2. The van der Waals surface area contributed by atoms with Gasteiger partial charge in [0, 0.05) is 37.9 Å². The van der Waals surface area contributed by atoms with Crippen molar-refractivity contribution in [3.05, 3.63) is 53.8 Å². The molecule has 1 aliphatic heterocycles. The molecule has 0 aromatic heterocycles. The van der Waals surface area contributed by atoms with Gasteiger partial charge in [0.1, 0.15) is 11.9 Å². The zero-order valence-corrected chi connectivity index (χ0v) is 20.4. The van der Waals surface area contributed by atoms with Crippen LogP contribution in [-0.2, 0) is 16.1 Å². The van der Waals surface area contributed by atoms with Crippen LogP contribution in [0.15, 0.2) is 42.5 Å². The Bertz CT molecular complexity index is 966. The van der Waals surface area contributed by atoms with E-state index in [-0.39, 0.29) is 25.7 Å². The number of hydrogen-bond acceptors (Lipinski definition) is 5. The van der Waals surface area contributed by atoms with Gasteiger partial charge in [0.2, 0.25) is 5.91 Å². The molecule has 1 N–H and O–H groups in total. The highest BCUT2D eigenvalue weighted by molar-refractivity contribution is 7.98. The number of alkyl halides is 1. The Balaban J connectivity index is 1.66. The third-order valence-corrected chi connectivity index (χ3v) is 6.20. The quantitative estimate of drug-likeness (QED) is 0.475. The zero-order chi connectivity index (χ0) is 24.5. The second-order valence-electron chi connectivity index (χ2n) is 8.23. The van der Waals surface area contributed by atoms with E-state index in [2.05, 4.69) is 16.5 Å². The lowest BCUT2D eigenvalue weighted by Crippen LogP contribution is -2.33. The van der Waals surface area contributed by atoms with Crippen LogP contribution in [0.2, 0.25) is 0 Å². The Kier molecular flexibility index (Phi) is 9.71. The van der Waals surface area contributed by atoms with Crippen molar-refractivity contribution in [1.82, 2.24) is 10.2 Å². The second-order valence-corrected chi connectivity index (χ2v) is 9.21. The minimum atomic E-state index is -0.564. The molecule has 2 amide bonds. The molecule has 0 saturated carbocycles. The van der Waals surface area contributed by atoms with E-state index in [1.54, 1.807) is 23.9 Å². The number of anilines is 1. The number of halogens is 2. The van der Waals surface area contributed by atoms with Gasteiger partial charge >= 0.3 is 6.09 Å². The number of nitrogens with zero attached hydrogens (tertiary/aromatic N) is 2. The van der Waals surface area contributed by atoms with Crippen molar-refractivity contribution in [2.45, 2.75) is 26.0 Å². The number of carbonyl (C=O) groups excluding carboxylic acids is 2. The maximum atomic E-state index is 15.0. The van der Waals surface area contributed by atoms with Crippen LogP contribution in [0.4, 0.5) is 19.3 Å². The van der Waals surface area contributed by atoms with E-state index in [4.69, 9.17) is 4.74 Å². The van der Waals surface area contributed by atoms with Crippen LogP contribution in [0, 0.1) is 5.82 Å². The van der Waals surface area contributed by atoms with Gasteiger partial charge in [-0.25, -0.2) is 9.18 Å². The lowest BCUT2D eigenvalue weighted by Gasteiger charge is -2.21. The molecule has 1 heterocycles. The van der Waals surface area contributed by atoms with E-state index in [1.165, 1.54) is 17.9 Å². The van der Waals surface area contributed by atoms with Gasteiger partial charge in [-0.1, -0.05) is 24.3 Å². The molecule has 6 nitrogen and oxygen atoms in total. The van der Waals surface area contributed by atoms with E-state index in [9.17, 15) is 18.4 Å². The Morgan fingerprint density at radius 2 is 2.00 bits per heavy atom. The highest BCUT2D eigenvalue weighted by atomic mass is 32.2. The van der Waals surface area contributed by atoms with Gasteiger partial charge in [-0.2, -0.15) is 11.8 Å². The molecule has 34 heavy (non-hydrogen) atoms. The number of ether oxygens (including phenoxy) is 1. The summed E-state index contributed by atoms with van der Waals surface area (Å²) in [6, 6.07) is 12.4. The third-order valence-electron chi connectivity index (χ3n) is 5.61. The van der Waals surface area contributed by atoms with Crippen LogP contribution in [0.3, 0.4) is 0 Å². The molecule has 0 aliphatic carbocycles. The van der Waals surface area contributed by atoms with Crippen molar-refractivity contribution in [2.24, 2.45) is 0 Å². The smallest absolute Gasteiger partial charge is 0.414 e. The summed E-state index contributed by atoms with van der Waals surface area (Å²) in [7, 11) is 0. The average molecular weight is 492 g/mol. The molecular weight excluding hydrogens is 460 g/mol. The number of carbonyl (C=O) groups is 2. The summed E-state index contributed by atoms with van der Waals surface area (Å²) < 4.78 is 32.8. The van der Waals surface area contributed by atoms with Gasteiger partial charge in [0.05, 0.1) is 25.5 Å². The van der Waals surface area contributed by atoms with Crippen molar-refractivity contribution in [2.75, 3.05) is 49.8 Å². The van der Waals surface area contributed by atoms with Gasteiger partial charge in [0.15, 0.2) is 0 Å². The number of thioether (sulfide) groups is 1. The van der Waals surface area contributed by atoms with E-state index in [1.807, 2.05) is 24.3 Å². The van der Waals surface area contributed by atoms with Gasteiger partial charge < -0.3 is 10.1 Å². The van der Waals surface area contributed by atoms with Crippen molar-refractivity contribution in [3.63, 3.8) is 0 Å². The number of benzene rings is 2. The second kappa shape index (κ2) is 12.7. The lowest BCUT2D eigenvalue weighted by molar-refractivity contribution is -0.119. The largest absolute Gasteiger partial charge is 0.442 e. The highest BCUT2D eigenvalue weighted by Gasteiger charge is 2.32. The lowest BCUT2D eigenvalue weighted by atomic mass is 10.0. The maximum absolute atomic E-state index is 15.0. The van der Waals surface area contributed by atoms with Crippen LogP contribution >= 0.6 is 11.8 Å². The maximum Gasteiger partial charge on any atom is 0.414 e. The number of nitrogens with one attached hydrogen (secondary N) is 1. The number of cyclic esters (lactones) is 1. The van der Waals surface area contributed by atoms with E-state index in [0.717, 1.165) is 30.0 Å². The summed E-state index contributed by atoms with van der Waals surface area (Å²) in [5.74, 6) is 0.344. The molecule has 0 radical (unpaired) electrons. The summed E-state index contributed by atoms with van der Waals surface area (Å²) in [6.07, 6.45) is 1.53. The van der Waals surface area contributed by atoms with Crippen molar-refractivity contribution in [3.8, 4) is 11.1 Å². The van der Waals surface area contributed by atoms with Crippen LogP contribution in [-0.4, -0.2) is 67.9 Å². The van der Waals surface area contributed by atoms with Crippen molar-refractivity contribution in [1.29, 1.82) is 0 Å². The first-order valence-corrected chi connectivity index (χ1v) is 12.7. The monoisotopic (exact) mass is 491 g/mol. The molecule has 0 spiro atoms. The average Bonchev–Trinajstić information content (AvgIpc) is 3.20. The molecule has 1 aliphatic rings. The van der Waals surface area contributed by atoms with Gasteiger partial charge in [-0.3, -0.25) is 19.0 Å². The predicted molar refractivity (Wildman–Crippen MR) is 132 cm³/mol. The van der Waals surface area contributed by atoms with Crippen molar-refractivity contribution < 1.29 is 23.1 Å². The summed E-state index contributed by atoms with van der Waals surface area (Å²) in [6.45, 7) is 3.84. The Morgan fingerprint density at radius 3 is 2.65 bits per heavy atom. The molecule has 184 valence electrons. The fourth-order valence-electron chi connectivity index (χ4n) is 3.82. The van der Waals surface area contributed by atoms with E-state index >= 15 is 0 Å². The topological polar surface area (TPSA) is 61.9 Å². The van der Waals surface area contributed by atoms with Crippen LogP contribution in [0.1, 0.15) is 18.9 Å². The standard InChI is InChI=1S/C25H31F2N3O3S/c1-18(31)28-15-22-17-30(25(32)33-22)21-8-9-23(24(27)14-21)20-6-4-19(5-7-20)16-29(11-3-10-26)12-13-34-2/h4-9,14,22H,3,10-13,15-17H2,1-2H3,(H,28,31)/t22-/m0/s1. The molecule has 1 fully saturated rings. The molecule has 2 aromatic carbocycles. The normalized spacial score (nSPS) is 15.6. The van der Waals surface area contributed by atoms with Crippen LogP contribution in [0.25, 0.3) is 11.1 Å². The van der Waals surface area contributed by atoms with Crippen molar-refractivity contribution >= 4 is 29.4 Å². The molecule has 0 unspecified atom stereocenters. The first-order valence-electron chi connectivity index (χ1n) is 11.3. The highest BCUT2D eigenvalue weighted by Crippen LogP contribution is 2.29. The van der Waals surface area contributed by atoms with Crippen LogP contribution < -0.4 is 10.2 Å². The molecule has 0 bridgehead atoms. The minimum absolute atomic E-state index is 0.205. The summed E-state index contributed by atoms with van der Waals surface area (Å²) in [5.41, 5.74) is 2.67. The molecule has 9 heteroatoms. The molecule has 3 rings (SSSR count). The number of hydrogen-bond donors (Lipinski definition) is 1. The molecular formula is C25H31F2N3O3S. The summed E-state index contributed by atoms with van der Waals surface area (Å²) in [5, 5.41) is 2.62. The van der Waals surface area contributed by atoms with E-state index in [0.29, 0.717) is 24.2 Å². The summed E-state index contributed by atoms with van der Waals surface area (Å²) in [4.78, 5) is 26.9. The zero-order valence-electron chi connectivity index (χ0n) is 19.6.